The van der Waals surface area contributed by atoms with Crippen LogP contribution in [0.3, 0.4) is 0 Å². The first-order valence-corrected chi connectivity index (χ1v) is 10.7. The van der Waals surface area contributed by atoms with E-state index in [4.69, 9.17) is 4.74 Å². The van der Waals surface area contributed by atoms with E-state index in [1.165, 1.54) is 0 Å². The number of hydrogen-bond donors (Lipinski definition) is 2. The summed E-state index contributed by atoms with van der Waals surface area (Å²) >= 11 is 0. The molecule has 0 aromatic heterocycles. The van der Waals surface area contributed by atoms with E-state index in [0.717, 1.165) is 24.1 Å². The summed E-state index contributed by atoms with van der Waals surface area (Å²) < 4.78 is 5.58. The molecule has 1 heterocycles. The summed E-state index contributed by atoms with van der Waals surface area (Å²) in [6, 6.07) is 14.7. The molecule has 0 unspecified atom stereocenters. The van der Waals surface area contributed by atoms with Crippen LogP contribution in [0.15, 0.2) is 48.5 Å². The van der Waals surface area contributed by atoms with Crippen molar-refractivity contribution in [2.24, 2.45) is 5.92 Å². The van der Waals surface area contributed by atoms with Crippen LogP contribution in [0, 0.1) is 5.92 Å². The van der Waals surface area contributed by atoms with Gasteiger partial charge in [0.25, 0.3) is 5.91 Å². The van der Waals surface area contributed by atoms with Crippen molar-refractivity contribution >= 4 is 29.1 Å². The molecule has 7 nitrogen and oxygen atoms in total. The molecule has 1 aliphatic heterocycles. The number of carbonyl (C=O) groups is 3. The van der Waals surface area contributed by atoms with Crippen molar-refractivity contribution in [3.63, 3.8) is 0 Å². The van der Waals surface area contributed by atoms with E-state index in [2.05, 4.69) is 10.6 Å². The lowest BCUT2D eigenvalue weighted by atomic mass is 10.1. The highest BCUT2D eigenvalue weighted by Crippen LogP contribution is 2.27. The average molecular weight is 424 g/mol. The zero-order valence-electron chi connectivity index (χ0n) is 18.0. The first-order valence-electron chi connectivity index (χ1n) is 10.7. The molecule has 0 spiro atoms. The molecule has 2 N–H and O–H groups in total. The van der Waals surface area contributed by atoms with E-state index < -0.39 is 0 Å². The highest BCUT2D eigenvalue weighted by molar-refractivity contribution is 6.00. The first kappa shape index (κ1) is 22.3. The Bertz CT molecular complexity index is 927. The van der Waals surface area contributed by atoms with Gasteiger partial charge in [0.15, 0.2) is 6.61 Å². The summed E-state index contributed by atoms with van der Waals surface area (Å²) in [5.41, 5.74) is 2.57. The van der Waals surface area contributed by atoms with Crippen molar-refractivity contribution in [1.82, 2.24) is 5.32 Å². The van der Waals surface area contributed by atoms with Crippen molar-refractivity contribution in [2.45, 2.75) is 33.1 Å². The van der Waals surface area contributed by atoms with Gasteiger partial charge >= 0.3 is 0 Å². The lowest BCUT2D eigenvalue weighted by molar-refractivity contribution is -0.126. The van der Waals surface area contributed by atoms with Gasteiger partial charge in [-0.05, 0) is 48.7 Å². The van der Waals surface area contributed by atoms with E-state index in [-0.39, 0.29) is 36.7 Å². The van der Waals surface area contributed by atoms with Crippen molar-refractivity contribution < 1.29 is 19.1 Å². The first-order chi connectivity index (χ1) is 15.0. The molecule has 3 rings (SSSR count). The fourth-order valence-corrected chi connectivity index (χ4v) is 3.53. The summed E-state index contributed by atoms with van der Waals surface area (Å²) in [6.45, 7) is 4.90. The third-order valence-corrected chi connectivity index (χ3v) is 5.24. The summed E-state index contributed by atoms with van der Waals surface area (Å²) in [6.07, 6.45) is 1.91. The van der Waals surface area contributed by atoms with Gasteiger partial charge in [-0.3, -0.25) is 14.4 Å². The topological polar surface area (TPSA) is 87.7 Å². The molecule has 7 heteroatoms. The van der Waals surface area contributed by atoms with Crippen molar-refractivity contribution in [3.8, 4) is 5.75 Å². The van der Waals surface area contributed by atoms with Gasteiger partial charge in [-0.1, -0.05) is 32.0 Å². The van der Waals surface area contributed by atoms with Crippen LogP contribution < -0.4 is 20.3 Å². The van der Waals surface area contributed by atoms with Crippen LogP contribution in [0.4, 0.5) is 11.4 Å². The second-order valence-corrected chi connectivity index (χ2v) is 7.54. The minimum Gasteiger partial charge on any atom is -0.484 e. The zero-order chi connectivity index (χ0) is 22.2. The van der Waals surface area contributed by atoms with Crippen LogP contribution in [-0.2, 0) is 20.8 Å². The number of hydrogen-bond acceptors (Lipinski definition) is 4. The Kier molecular flexibility index (Phi) is 7.65. The number of nitrogens with zero attached hydrogens (tertiary/aromatic N) is 1. The maximum absolute atomic E-state index is 12.4. The van der Waals surface area contributed by atoms with Gasteiger partial charge in [0, 0.05) is 30.9 Å². The van der Waals surface area contributed by atoms with Crippen molar-refractivity contribution in [3.05, 3.63) is 54.1 Å². The molecule has 1 saturated heterocycles. The molecule has 2 aromatic rings. The Balaban J connectivity index is 1.52. The minimum atomic E-state index is -0.329. The molecule has 2 aromatic carbocycles. The monoisotopic (exact) mass is 423 g/mol. The Labute approximate surface area is 182 Å². The fraction of sp³-hybridized carbons (Fsp3) is 0.375. The van der Waals surface area contributed by atoms with Crippen LogP contribution in [0.25, 0.3) is 0 Å². The Morgan fingerprint density at radius 1 is 1.10 bits per heavy atom. The van der Waals surface area contributed by atoms with E-state index in [1.54, 1.807) is 29.2 Å². The van der Waals surface area contributed by atoms with E-state index in [9.17, 15) is 14.4 Å². The standard InChI is InChI=1S/C24H29N3O4/c1-3-13-25-24(30)18-14-23(29)27(15-18)19-9-11-20(12-10-19)31-16-22(28)26-21-8-6-5-7-17(21)4-2/h5-12,18H,3-4,13-16H2,1-2H3,(H,25,30)(H,26,28)/t18-/m1/s1. The smallest absolute Gasteiger partial charge is 0.262 e. The van der Waals surface area contributed by atoms with Gasteiger partial charge in [-0.25, -0.2) is 0 Å². The van der Waals surface area contributed by atoms with E-state index >= 15 is 0 Å². The molecule has 0 bridgehead atoms. The highest BCUT2D eigenvalue weighted by Gasteiger charge is 2.34. The van der Waals surface area contributed by atoms with Gasteiger partial charge in [0.2, 0.25) is 11.8 Å². The van der Waals surface area contributed by atoms with Gasteiger partial charge in [0.05, 0.1) is 5.92 Å². The molecule has 0 saturated carbocycles. The molecule has 1 atom stereocenters. The third-order valence-electron chi connectivity index (χ3n) is 5.24. The quantitative estimate of drug-likeness (QED) is 0.649. The van der Waals surface area contributed by atoms with Crippen LogP contribution in [0.1, 0.15) is 32.3 Å². The third kappa shape index (κ3) is 5.84. The summed E-state index contributed by atoms with van der Waals surface area (Å²) in [5, 5.41) is 5.72. The van der Waals surface area contributed by atoms with Gasteiger partial charge in [-0.2, -0.15) is 0 Å². The number of ether oxygens (including phenoxy) is 1. The second kappa shape index (κ2) is 10.6. The molecular weight excluding hydrogens is 394 g/mol. The number of rotatable bonds is 9. The number of amides is 3. The maximum Gasteiger partial charge on any atom is 0.262 e. The van der Waals surface area contributed by atoms with Crippen LogP contribution >= 0.6 is 0 Å². The number of carbonyl (C=O) groups excluding carboxylic acids is 3. The van der Waals surface area contributed by atoms with Crippen molar-refractivity contribution in [2.75, 3.05) is 29.9 Å². The summed E-state index contributed by atoms with van der Waals surface area (Å²) in [4.78, 5) is 38.3. The number of nitrogens with one attached hydrogen (secondary N) is 2. The number of para-hydroxylation sites is 1. The largest absolute Gasteiger partial charge is 0.484 e. The lowest BCUT2D eigenvalue weighted by Gasteiger charge is -2.17. The van der Waals surface area contributed by atoms with Gasteiger partial charge in [-0.15, -0.1) is 0 Å². The van der Waals surface area contributed by atoms with Crippen LogP contribution in [0.2, 0.25) is 0 Å². The minimum absolute atomic E-state index is 0.0701. The zero-order valence-corrected chi connectivity index (χ0v) is 18.0. The molecule has 1 fully saturated rings. The van der Waals surface area contributed by atoms with Crippen LogP contribution in [0.5, 0.6) is 5.75 Å². The SMILES string of the molecule is CCCNC(=O)[C@@H]1CC(=O)N(c2ccc(OCC(=O)Nc3ccccc3CC)cc2)C1. The van der Waals surface area contributed by atoms with Crippen LogP contribution in [-0.4, -0.2) is 37.4 Å². The maximum atomic E-state index is 12.4. The molecule has 1 aliphatic rings. The van der Waals surface area contributed by atoms with Crippen molar-refractivity contribution in [1.29, 1.82) is 0 Å². The van der Waals surface area contributed by atoms with E-state index in [1.807, 2.05) is 38.1 Å². The molecule has 0 radical (unpaired) electrons. The normalized spacial score (nSPS) is 15.6. The number of benzene rings is 2. The molecular formula is C24H29N3O4. The second-order valence-electron chi connectivity index (χ2n) is 7.54. The Morgan fingerprint density at radius 2 is 1.84 bits per heavy atom. The molecule has 3 amide bonds. The Hall–Kier alpha value is -3.35. The van der Waals surface area contributed by atoms with Gasteiger partial charge < -0.3 is 20.3 Å². The average Bonchev–Trinajstić information content (AvgIpc) is 3.18. The highest BCUT2D eigenvalue weighted by atomic mass is 16.5. The molecule has 0 aliphatic carbocycles. The summed E-state index contributed by atoms with van der Waals surface area (Å²) in [7, 11) is 0. The molecule has 164 valence electrons. The van der Waals surface area contributed by atoms with E-state index in [0.29, 0.717) is 24.5 Å². The predicted molar refractivity (Wildman–Crippen MR) is 120 cm³/mol. The molecule has 31 heavy (non-hydrogen) atoms. The Morgan fingerprint density at radius 3 is 2.55 bits per heavy atom. The number of anilines is 2. The number of aryl methyl sites for hydroxylation is 1. The predicted octanol–water partition coefficient (Wildman–Crippen LogP) is 3.15. The van der Waals surface area contributed by atoms with Gasteiger partial charge in [0.1, 0.15) is 5.75 Å². The summed E-state index contributed by atoms with van der Waals surface area (Å²) in [5.74, 6) is -0.176. The lowest BCUT2D eigenvalue weighted by Crippen LogP contribution is -2.33. The fourth-order valence-electron chi connectivity index (χ4n) is 3.53.